The fraction of sp³-hybridized carbons (Fsp3) is 0.514. The molecule has 41 heavy (non-hydrogen) atoms. The van der Waals surface area contributed by atoms with Gasteiger partial charge in [-0.15, -0.1) is 0 Å². The van der Waals surface area contributed by atoms with Gasteiger partial charge in [-0.05, 0) is 118 Å². The number of nitrogens with zero attached hydrogens (tertiary/aromatic N) is 1. The number of carbonyl (C=O) groups excluding carboxylic acids is 1. The fourth-order valence-electron chi connectivity index (χ4n) is 5.88. The second kappa shape index (κ2) is 16.8. The van der Waals surface area contributed by atoms with Gasteiger partial charge in [0.1, 0.15) is 11.6 Å². The summed E-state index contributed by atoms with van der Waals surface area (Å²) in [5.74, 6) is 1.05. The summed E-state index contributed by atoms with van der Waals surface area (Å²) in [6, 6.07) is 16.7. The molecule has 1 aliphatic heterocycles. The second-order valence-electron chi connectivity index (χ2n) is 11.9. The van der Waals surface area contributed by atoms with Crippen LogP contribution in [0.2, 0.25) is 5.02 Å². The number of unbranched alkanes of at least 4 members (excludes halogenated alkanes) is 2. The Morgan fingerprint density at radius 3 is 2.37 bits per heavy atom. The molecule has 1 saturated carbocycles. The van der Waals surface area contributed by atoms with E-state index >= 15 is 4.39 Å². The number of aliphatic imine (C=N–C) groups is 1. The number of ketones is 1. The van der Waals surface area contributed by atoms with Crippen molar-refractivity contribution in [2.45, 2.75) is 110 Å². The zero-order valence-corrected chi connectivity index (χ0v) is 25.6. The number of Topliss-reactive ketones (excluding diaryl/α,β-unsaturated/α-hetero) is 1. The first-order valence-corrected chi connectivity index (χ1v) is 16.4. The van der Waals surface area contributed by atoms with E-state index in [0.717, 1.165) is 87.6 Å². The summed E-state index contributed by atoms with van der Waals surface area (Å²) in [5.41, 5.74) is 5.27. The van der Waals surface area contributed by atoms with Crippen LogP contribution >= 0.6 is 11.6 Å². The maximum absolute atomic E-state index is 16.1. The van der Waals surface area contributed by atoms with Crippen molar-refractivity contribution in [3.63, 3.8) is 0 Å². The topological polar surface area (TPSA) is 29.4 Å². The molecule has 1 aliphatic carbocycles. The van der Waals surface area contributed by atoms with Crippen LogP contribution in [0.5, 0.6) is 0 Å². The molecule has 2 aromatic rings. The van der Waals surface area contributed by atoms with Gasteiger partial charge in [-0.1, -0.05) is 73.5 Å². The van der Waals surface area contributed by atoms with E-state index in [-0.39, 0.29) is 11.7 Å². The lowest BCUT2D eigenvalue weighted by atomic mass is 9.89. The van der Waals surface area contributed by atoms with Gasteiger partial charge in [0.15, 0.2) is 0 Å². The van der Waals surface area contributed by atoms with Crippen LogP contribution < -0.4 is 0 Å². The van der Waals surface area contributed by atoms with Gasteiger partial charge in [0.2, 0.25) is 0 Å². The molecule has 220 valence electrons. The van der Waals surface area contributed by atoms with Crippen molar-refractivity contribution in [2.75, 3.05) is 0 Å². The van der Waals surface area contributed by atoms with Crippen LogP contribution in [0.25, 0.3) is 0 Å². The standard InChI is InChI=1S/C37H47ClFNO/c1-2-3-16-33(41)26-23-29-21-19-28(20-22-29)11-4-5-13-32-14-8-9-27-40-37(36(32)39)34(30-24-25-30)17-10-15-31-12-6-7-18-35(31)38/h6-7,12,14,18-22,27,30,34H,2-5,8-11,13,15-17,23-26H2,1H3. The summed E-state index contributed by atoms with van der Waals surface area (Å²) in [6.45, 7) is 2.12. The van der Waals surface area contributed by atoms with Crippen molar-refractivity contribution >= 4 is 23.6 Å². The Balaban J connectivity index is 1.28. The third-order valence-electron chi connectivity index (χ3n) is 8.57. The third-order valence-corrected chi connectivity index (χ3v) is 8.94. The van der Waals surface area contributed by atoms with Crippen LogP contribution in [0.15, 0.2) is 76.7 Å². The molecule has 1 fully saturated rings. The highest BCUT2D eigenvalue weighted by Crippen LogP contribution is 2.45. The first kappa shape index (κ1) is 31.4. The highest BCUT2D eigenvalue weighted by atomic mass is 35.5. The molecule has 0 N–H and O–H groups in total. The second-order valence-corrected chi connectivity index (χ2v) is 12.3. The highest BCUT2D eigenvalue weighted by Gasteiger charge is 2.35. The lowest BCUT2D eigenvalue weighted by Crippen LogP contribution is -2.10. The van der Waals surface area contributed by atoms with E-state index in [1.807, 2.05) is 24.4 Å². The SMILES string of the molecule is CCCCC(=O)CCc1ccc(CCCCC2=CCCC=NC(C(CCCc3ccccc3Cl)C3CC3)=C2F)cc1. The summed E-state index contributed by atoms with van der Waals surface area (Å²) in [7, 11) is 0. The molecule has 4 heteroatoms. The minimum Gasteiger partial charge on any atom is -0.300 e. The fourth-order valence-corrected chi connectivity index (χ4v) is 6.11. The van der Waals surface area contributed by atoms with Crippen LogP contribution in [0.4, 0.5) is 4.39 Å². The number of benzene rings is 2. The molecule has 2 aliphatic rings. The smallest absolute Gasteiger partial charge is 0.147 e. The lowest BCUT2D eigenvalue weighted by Gasteiger charge is -2.20. The van der Waals surface area contributed by atoms with E-state index in [0.29, 0.717) is 30.2 Å². The van der Waals surface area contributed by atoms with E-state index < -0.39 is 0 Å². The zero-order chi connectivity index (χ0) is 28.9. The Labute approximate surface area is 252 Å². The van der Waals surface area contributed by atoms with Crippen molar-refractivity contribution in [2.24, 2.45) is 16.8 Å². The van der Waals surface area contributed by atoms with Crippen LogP contribution in [0.1, 0.15) is 107 Å². The summed E-state index contributed by atoms with van der Waals surface area (Å²) in [5, 5.41) is 0.820. The number of aryl methyl sites for hydroxylation is 3. The molecule has 4 rings (SSSR count). The molecule has 0 bridgehead atoms. The maximum Gasteiger partial charge on any atom is 0.147 e. The van der Waals surface area contributed by atoms with Crippen molar-refractivity contribution in [3.05, 3.63) is 93.4 Å². The summed E-state index contributed by atoms with van der Waals surface area (Å²) >= 11 is 6.38. The summed E-state index contributed by atoms with van der Waals surface area (Å²) in [4.78, 5) is 16.7. The zero-order valence-electron chi connectivity index (χ0n) is 24.9. The van der Waals surface area contributed by atoms with Crippen molar-refractivity contribution in [1.29, 1.82) is 0 Å². The molecule has 1 heterocycles. The van der Waals surface area contributed by atoms with Crippen molar-refractivity contribution < 1.29 is 9.18 Å². The van der Waals surface area contributed by atoms with Gasteiger partial charge >= 0.3 is 0 Å². The minimum atomic E-state index is -0.0616. The summed E-state index contributed by atoms with van der Waals surface area (Å²) < 4.78 is 16.1. The van der Waals surface area contributed by atoms with Gasteiger partial charge in [-0.2, -0.15) is 0 Å². The number of carbonyl (C=O) groups is 1. The Kier molecular flexibility index (Phi) is 12.9. The Morgan fingerprint density at radius 2 is 1.63 bits per heavy atom. The van der Waals surface area contributed by atoms with Crippen LogP contribution in [-0.2, 0) is 24.1 Å². The normalized spacial score (nSPS) is 16.3. The first-order chi connectivity index (χ1) is 20.0. The van der Waals surface area contributed by atoms with E-state index in [1.165, 1.54) is 29.5 Å². The van der Waals surface area contributed by atoms with Gasteiger partial charge in [0.05, 0.1) is 5.70 Å². The molecule has 1 atom stereocenters. The predicted molar refractivity (Wildman–Crippen MR) is 171 cm³/mol. The molecular weight excluding hydrogens is 529 g/mol. The monoisotopic (exact) mass is 575 g/mol. The molecule has 1 unspecified atom stereocenters. The third kappa shape index (κ3) is 10.4. The number of hydrogen-bond donors (Lipinski definition) is 0. The molecule has 2 nitrogen and oxygen atoms in total. The highest BCUT2D eigenvalue weighted by molar-refractivity contribution is 6.31. The Hall–Kier alpha value is -2.52. The average molecular weight is 576 g/mol. The summed E-state index contributed by atoms with van der Waals surface area (Å²) in [6.07, 6.45) is 19.0. The number of halogens is 2. The predicted octanol–water partition coefficient (Wildman–Crippen LogP) is 10.8. The molecule has 0 amide bonds. The van der Waals surface area contributed by atoms with Crippen LogP contribution in [-0.4, -0.2) is 12.0 Å². The van der Waals surface area contributed by atoms with Gasteiger partial charge in [0.25, 0.3) is 0 Å². The largest absolute Gasteiger partial charge is 0.300 e. The lowest BCUT2D eigenvalue weighted by molar-refractivity contribution is -0.119. The molecule has 0 saturated heterocycles. The molecule has 0 aromatic heterocycles. The molecule has 0 spiro atoms. The number of rotatable bonds is 17. The average Bonchev–Trinajstić information content (AvgIpc) is 3.82. The van der Waals surface area contributed by atoms with Gasteiger partial charge in [0, 0.05) is 30.0 Å². The maximum atomic E-state index is 16.1. The molecule has 2 aromatic carbocycles. The van der Waals surface area contributed by atoms with Crippen LogP contribution in [0.3, 0.4) is 0 Å². The quantitative estimate of drug-likeness (QED) is 0.172. The molecular formula is C37H47ClFNO. The van der Waals surface area contributed by atoms with Crippen LogP contribution in [0, 0.1) is 11.8 Å². The van der Waals surface area contributed by atoms with E-state index in [2.05, 4.69) is 43.3 Å². The minimum absolute atomic E-state index is 0.0616. The first-order valence-electron chi connectivity index (χ1n) is 16.0. The van der Waals surface area contributed by atoms with E-state index in [4.69, 9.17) is 16.6 Å². The Morgan fingerprint density at radius 1 is 0.902 bits per heavy atom. The van der Waals surface area contributed by atoms with Gasteiger partial charge in [-0.3, -0.25) is 9.79 Å². The van der Waals surface area contributed by atoms with Gasteiger partial charge < -0.3 is 0 Å². The van der Waals surface area contributed by atoms with E-state index in [1.54, 1.807) is 0 Å². The molecule has 0 radical (unpaired) electrons. The number of hydrogen-bond acceptors (Lipinski definition) is 2. The van der Waals surface area contributed by atoms with Gasteiger partial charge in [-0.25, -0.2) is 4.39 Å². The Bertz CT molecular complexity index is 1210. The van der Waals surface area contributed by atoms with Crippen molar-refractivity contribution in [1.82, 2.24) is 0 Å². The van der Waals surface area contributed by atoms with Crippen molar-refractivity contribution in [3.8, 4) is 0 Å². The van der Waals surface area contributed by atoms with E-state index in [9.17, 15) is 4.79 Å². The number of allylic oxidation sites excluding steroid dienone is 4.